The molecule has 10 heteroatoms. The predicted octanol–water partition coefficient (Wildman–Crippen LogP) is 3.06. The van der Waals surface area contributed by atoms with Gasteiger partial charge >= 0.3 is 0 Å². The maximum atomic E-state index is 13.3. The van der Waals surface area contributed by atoms with Crippen LogP contribution in [0.15, 0.2) is 58.2 Å². The zero-order chi connectivity index (χ0) is 26.2. The van der Waals surface area contributed by atoms with Gasteiger partial charge in [-0.15, -0.1) is 0 Å². The Balaban J connectivity index is 1.42. The molecule has 1 aliphatic rings. The maximum absolute atomic E-state index is 13.3. The summed E-state index contributed by atoms with van der Waals surface area (Å²) in [4.78, 5) is 38.1. The average molecular weight is 502 g/mol. The molecule has 37 heavy (non-hydrogen) atoms. The van der Waals surface area contributed by atoms with Crippen molar-refractivity contribution in [3.05, 3.63) is 60.1 Å². The van der Waals surface area contributed by atoms with Crippen molar-refractivity contribution >= 4 is 34.4 Å². The summed E-state index contributed by atoms with van der Waals surface area (Å²) in [6.07, 6.45) is 8.20. The van der Waals surface area contributed by atoms with Crippen molar-refractivity contribution in [2.45, 2.75) is 38.6 Å². The summed E-state index contributed by atoms with van der Waals surface area (Å²) in [5, 5.41) is 15.8. The fraction of sp³-hybridized carbons (Fsp3) is 0.370. The summed E-state index contributed by atoms with van der Waals surface area (Å²) < 4.78 is 5.61. The second-order valence-corrected chi connectivity index (χ2v) is 9.15. The van der Waals surface area contributed by atoms with Gasteiger partial charge in [-0.25, -0.2) is 4.99 Å². The van der Waals surface area contributed by atoms with Gasteiger partial charge in [0.2, 0.25) is 17.8 Å². The van der Waals surface area contributed by atoms with E-state index in [0.717, 1.165) is 35.1 Å². The summed E-state index contributed by atoms with van der Waals surface area (Å²) in [6, 6.07) is 10.6. The topological polar surface area (TPSA) is 127 Å². The molecule has 4 rings (SSSR count). The van der Waals surface area contributed by atoms with Crippen molar-refractivity contribution in [2.75, 3.05) is 32.0 Å². The maximum Gasteiger partial charge on any atom is 0.247 e. The Hall–Kier alpha value is -4.39. The molecule has 192 valence electrons. The molecule has 0 bridgehead atoms. The highest BCUT2D eigenvalue weighted by Crippen LogP contribution is 2.23. The van der Waals surface area contributed by atoms with Crippen LogP contribution in [-0.4, -0.2) is 65.3 Å². The van der Waals surface area contributed by atoms with Crippen molar-refractivity contribution in [3.63, 3.8) is 0 Å². The number of guanidine groups is 1. The summed E-state index contributed by atoms with van der Waals surface area (Å²) in [5.41, 5.74) is 2.52. The Labute approximate surface area is 216 Å². The highest BCUT2D eigenvalue weighted by molar-refractivity contribution is 5.98. The first kappa shape index (κ1) is 25.7. The highest BCUT2D eigenvalue weighted by Gasteiger charge is 2.29. The van der Waals surface area contributed by atoms with Crippen molar-refractivity contribution in [1.82, 2.24) is 20.1 Å². The lowest BCUT2D eigenvalue weighted by molar-refractivity contribution is -0.140. The minimum atomic E-state index is -0.695. The second kappa shape index (κ2) is 12.0. The number of nitriles is 1. The molecule has 3 heterocycles. The molecule has 0 saturated carbocycles. The van der Waals surface area contributed by atoms with E-state index in [1.165, 1.54) is 0 Å². The first-order valence-corrected chi connectivity index (χ1v) is 12.3. The number of likely N-dealkylation sites (N-methyl/N-ethyl adjacent to an activating group) is 1. The van der Waals surface area contributed by atoms with Gasteiger partial charge in [-0.05, 0) is 68.5 Å². The Morgan fingerprint density at radius 2 is 2.19 bits per heavy atom. The number of carbonyl (C=O) groups excluding carboxylic acids is 2. The Morgan fingerprint density at radius 3 is 2.97 bits per heavy atom. The van der Waals surface area contributed by atoms with Gasteiger partial charge in [-0.1, -0.05) is 6.07 Å². The number of hydrogen-bond acceptors (Lipinski definition) is 6. The van der Waals surface area contributed by atoms with Gasteiger partial charge < -0.3 is 19.5 Å². The van der Waals surface area contributed by atoms with Crippen LogP contribution >= 0.6 is 0 Å². The van der Waals surface area contributed by atoms with Crippen LogP contribution in [0.2, 0.25) is 0 Å². The van der Waals surface area contributed by atoms with Gasteiger partial charge in [0.1, 0.15) is 17.4 Å². The largest absolute Gasteiger partial charge is 0.461 e. The predicted molar refractivity (Wildman–Crippen MR) is 141 cm³/mol. The third kappa shape index (κ3) is 6.85. The zero-order valence-corrected chi connectivity index (χ0v) is 21.1. The molecule has 1 atom stereocenters. The third-order valence-electron chi connectivity index (χ3n) is 6.32. The van der Waals surface area contributed by atoms with Crippen LogP contribution in [0.3, 0.4) is 0 Å². The number of aromatic nitrogens is 1. The monoisotopic (exact) mass is 501 g/mol. The molecule has 2 aromatic heterocycles. The Bertz CT molecular complexity index is 1310. The van der Waals surface area contributed by atoms with Crippen molar-refractivity contribution < 1.29 is 14.0 Å². The van der Waals surface area contributed by atoms with Gasteiger partial charge in [-0.3, -0.25) is 19.9 Å². The molecule has 0 radical (unpaired) electrons. The average Bonchev–Trinajstić information content (AvgIpc) is 3.18. The van der Waals surface area contributed by atoms with Crippen molar-refractivity contribution in [1.29, 1.82) is 5.26 Å². The molecule has 2 N–H and O–H groups in total. The van der Waals surface area contributed by atoms with Gasteiger partial charge in [-0.2, -0.15) is 5.26 Å². The first-order valence-electron chi connectivity index (χ1n) is 12.3. The van der Waals surface area contributed by atoms with Crippen LogP contribution in [0.4, 0.5) is 5.69 Å². The van der Waals surface area contributed by atoms with Crippen LogP contribution < -0.4 is 10.6 Å². The Morgan fingerprint density at radius 1 is 1.32 bits per heavy atom. The normalized spacial score (nSPS) is 16.2. The molecule has 10 nitrogen and oxygen atoms in total. The van der Waals surface area contributed by atoms with Crippen molar-refractivity contribution in [2.24, 2.45) is 4.99 Å². The van der Waals surface area contributed by atoms with E-state index in [0.29, 0.717) is 31.6 Å². The van der Waals surface area contributed by atoms with E-state index in [1.54, 1.807) is 29.2 Å². The SMILES string of the molecule is Cc1cc2cc(NC(=NC3CCCCN(CC(=O)N(C)CCc4cccnc4)C3=O)NC#N)ccc2o1. The lowest BCUT2D eigenvalue weighted by atomic mass is 10.1. The number of hydrogen-bond donors (Lipinski definition) is 2. The fourth-order valence-electron chi connectivity index (χ4n) is 4.31. The smallest absolute Gasteiger partial charge is 0.247 e. The number of carbonyl (C=O) groups is 2. The summed E-state index contributed by atoms with van der Waals surface area (Å²) in [5.74, 6) is 0.644. The summed E-state index contributed by atoms with van der Waals surface area (Å²) >= 11 is 0. The van der Waals surface area contributed by atoms with E-state index >= 15 is 0 Å². The standard InChI is InChI=1S/C27H31N7O3/c1-19-14-21-15-22(8-9-24(21)37-19)31-27(30-18-28)32-23-7-3-4-12-34(26(23)36)17-25(35)33(2)13-10-20-6-5-11-29-16-20/h5-6,8-9,11,14-16,23H,3-4,7,10,12-13,17H2,1-2H3,(H2,30,31,32). The molecule has 0 aliphatic carbocycles. The molecule has 2 amide bonds. The number of benzene rings is 1. The number of nitrogens with one attached hydrogen (secondary N) is 2. The zero-order valence-electron chi connectivity index (χ0n) is 21.1. The number of rotatable bonds is 7. The lowest BCUT2D eigenvalue weighted by Gasteiger charge is -2.25. The number of nitrogens with zero attached hydrogens (tertiary/aromatic N) is 5. The lowest BCUT2D eigenvalue weighted by Crippen LogP contribution is -2.45. The Kier molecular flexibility index (Phi) is 8.36. The molecule has 1 aliphatic heterocycles. The second-order valence-electron chi connectivity index (χ2n) is 9.15. The van der Waals surface area contributed by atoms with E-state index in [4.69, 9.17) is 4.42 Å². The van der Waals surface area contributed by atoms with E-state index in [1.807, 2.05) is 49.5 Å². The molecular weight excluding hydrogens is 470 g/mol. The van der Waals surface area contributed by atoms with E-state index in [-0.39, 0.29) is 24.3 Å². The molecular formula is C27H31N7O3. The van der Waals surface area contributed by atoms with E-state index in [2.05, 4.69) is 20.6 Å². The highest BCUT2D eigenvalue weighted by atomic mass is 16.3. The number of likely N-dealkylation sites (tertiary alicyclic amines) is 1. The van der Waals surface area contributed by atoms with Gasteiger partial charge in [0.05, 0.1) is 6.54 Å². The number of aliphatic imine (C=N–C) groups is 1. The molecule has 1 aromatic carbocycles. The molecule has 3 aromatic rings. The number of fused-ring (bicyclic) bond motifs is 1. The molecule has 0 spiro atoms. The van der Waals surface area contributed by atoms with Gasteiger partial charge in [0, 0.05) is 43.6 Å². The number of anilines is 1. The summed E-state index contributed by atoms with van der Waals surface area (Å²) in [6.45, 7) is 2.91. The van der Waals surface area contributed by atoms with Crippen LogP contribution in [0, 0.1) is 18.4 Å². The third-order valence-corrected chi connectivity index (χ3v) is 6.32. The van der Waals surface area contributed by atoms with E-state index in [9.17, 15) is 14.9 Å². The quantitative estimate of drug-likeness (QED) is 0.220. The minimum Gasteiger partial charge on any atom is -0.461 e. The minimum absolute atomic E-state index is 0.000653. The van der Waals surface area contributed by atoms with Crippen LogP contribution in [0.5, 0.6) is 0 Å². The van der Waals surface area contributed by atoms with Crippen LogP contribution in [0.25, 0.3) is 11.0 Å². The number of amides is 2. The first-order chi connectivity index (χ1) is 17.9. The number of furan rings is 1. The number of pyridine rings is 1. The van der Waals surface area contributed by atoms with Crippen LogP contribution in [-0.2, 0) is 16.0 Å². The van der Waals surface area contributed by atoms with Crippen LogP contribution in [0.1, 0.15) is 30.6 Å². The number of aryl methyl sites for hydroxylation is 1. The molecule has 1 unspecified atom stereocenters. The van der Waals surface area contributed by atoms with Gasteiger partial charge in [0.15, 0.2) is 6.19 Å². The summed E-state index contributed by atoms with van der Waals surface area (Å²) in [7, 11) is 1.74. The molecule has 1 fully saturated rings. The molecule has 1 saturated heterocycles. The van der Waals surface area contributed by atoms with Gasteiger partial charge in [0.25, 0.3) is 0 Å². The van der Waals surface area contributed by atoms with E-state index < -0.39 is 6.04 Å². The fourth-order valence-corrected chi connectivity index (χ4v) is 4.31. The van der Waals surface area contributed by atoms with Crippen molar-refractivity contribution in [3.8, 4) is 6.19 Å².